The lowest BCUT2D eigenvalue weighted by molar-refractivity contribution is -0.384. The number of aliphatic hydroxyl groups is 2. The van der Waals surface area contributed by atoms with Crippen molar-refractivity contribution < 1.29 is 15.1 Å². The van der Waals surface area contributed by atoms with E-state index in [4.69, 9.17) is 0 Å². The first-order valence-electron chi connectivity index (χ1n) is 11.7. The number of hydrogen-bond donors (Lipinski definition) is 2. The topological polar surface area (TPSA) is 83.6 Å². The molecule has 7 atom stereocenters. The molecule has 0 bridgehead atoms. The second kappa shape index (κ2) is 7.28. The number of benzene rings is 1. The Hall–Kier alpha value is -1.98. The van der Waals surface area contributed by atoms with E-state index in [0.29, 0.717) is 17.8 Å². The average molecular weight is 424 g/mol. The number of allylic oxidation sites excluding steroid dienone is 1. The van der Waals surface area contributed by atoms with Gasteiger partial charge in [0.2, 0.25) is 0 Å². The molecule has 0 unspecified atom stereocenters. The molecule has 5 heteroatoms. The molecule has 4 aliphatic rings. The zero-order valence-electron chi connectivity index (χ0n) is 18.5. The zero-order valence-corrected chi connectivity index (χ0v) is 18.5. The van der Waals surface area contributed by atoms with Crippen LogP contribution < -0.4 is 0 Å². The molecule has 5 nitrogen and oxygen atoms in total. The summed E-state index contributed by atoms with van der Waals surface area (Å²) in [6.45, 7) is 4.69. The number of aliphatic hydroxyl groups excluding tert-OH is 2. The molecule has 1 aromatic carbocycles. The molecule has 5 rings (SSSR count). The van der Waals surface area contributed by atoms with Gasteiger partial charge in [-0.3, -0.25) is 10.1 Å². The summed E-state index contributed by atoms with van der Waals surface area (Å²) < 4.78 is 0. The second-order valence-electron chi connectivity index (χ2n) is 10.9. The van der Waals surface area contributed by atoms with Crippen LogP contribution in [-0.2, 0) is 0 Å². The molecule has 0 saturated heterocycles. The predicted molar refractivity (Wildman–Crippen MR) is 120 cm³/mol. The van der Waals surface area contributed by atoms with Crippen molar-refractivity contribution in [2.45, 2.75) is 71.0 Å². The predicted octanol–water partition coefficient (Wildman–Crippen LogP) is 5.27. The van der Waals surface area contributed by atoms with Gasteiger partial charge in [-0.05, 0) is 91.4 Å². The lowest BCUT2D eigenvalue weighted by atomic mass is 9.48. The number of rotatable bonds is 2. The molecule has 1 aromatic rings. The molecule has 0 amide bonds. The first-order chi connectivity index (χ1) is 14.7. The van der Waals surface area contributed by atoms with E-state index in [0.717, 1.165) is 56.1 Å². The van der Waals surface area contributed by atoms with Gasteiger partial charge in [0.05, 0.1) is 17.1 Å². The minimum Gasteiger partial charge on any atom is -0.393 e. The zero-order chi connectivity index (χ0) is 22.0. The molecule has 3 saturated carbocycles. The van der Waals surface area contributed by atoms with Gasteiger partial charge in [-0.1, -0.05) is 31.6 Å². The molecule has 0 aliphatic heterocycles. The third-order valence-electron chi connectivity index (χ3n) is 9.40. The Kier molecular flexibility index (Phi) is 4.91. The van der Waals surface area contributed by atoms with Gasteiger partial charge < -0.3 is 10.2 Å². The summed E-state index contributed by atoms with van der Waals surface area (Å²) in [4.78, 5) is 10.5. The Bertz CT molecular complexity index is 951. The molecule has 0 aromatic heterocycles. The smallest absolute Gasteiger partial charge is 0.269 e. The molecule has 0 spiro atoms. The van der Waals surface area contributed by atoms with Crippen molar-refractivity contribution >= 4 is 11.8 Å². The van der Waals surface area contributed by atoms with Gasteiger partial charge in [0.15, 0.2) is 0 Å². The molecule has 0 heterocycles. The van der Waals surface area contributed by atoms with E-state index in [9.17, 15) is 20.3 Å². The Balaban J connectivity index is 1.44. The number of nitrogens with zero attached hydrogens (tertiary/aromatic N) is 1. The van der Waals surface area contributed by atoms with Crippen molar-refractivity contribution in [1.82, 2.24) is 0 Å². The maximum atomic E-state index is 11.3. The molecule has 4 aliphatic carbocycles. The monoisotopic (exact) mass is 423 g/mol. The van der Waals surface area contributed by atoms with E-state index < -0.39 is 6.10 Å². The summed E-state index contributed by atoms with van der Waals surface area (Å²) in [5.74, 6) is 1.65. The third kappa shape index (κ3) is 3.20. The molecular formula is C26H33NO4. The summed E-state index contributed by atoms with van der Waals surface area (Å²) in [6.07, 6.45) is 10.7. The van der Waals surface area contributed by atoms with E-state index >= 15 is 0 Å². The maximum Gasteiger partial charge on any atom is 0.269 e. The van der Waals surface area contributed by atoms with Crippen molar-refractivity contribution in [2.24, 2.45) is 28.6 Å². The molecule has 3 fully saturated rings. The van der Waals surface area contributed by atoms with Crippen molar-refractivity contribution in [3.05, 3.63) is 57.2 Å². The van der Waals surface area contributed by atoms with Crippen LogP contribution in [0.5, 0.6) is 0 Å². The maximum absolute atomic E-state index is 11.3. The van der Waals surface area contributed by atoms with Gasteiger partial charge in [-0.15, -0.1) is 0 Å². The SMILES string of the molecule is C[C@]12CC[C@H]3[C@@H](CC=C4C[C@@H](O)CC[C@@]43C)[C@@H]1C/C(=C\c1ccc([N+](=O)[O-])cc1)[C@@H]2O. The summed E-state index contributed by atoms with van der Waals surface area (Å²) in [5.41, 5.74) is 3.63. The summed E-state index contributed by atoms with van der Waals surface area (Å²) in [7, 11) is 0. The number of nitro groups is 1. The highest BCUT2D eigenvalue weighted by atomic mass is 16.6. The average Bonchev–Trinajstić information content (AvgIpc) is 2.99. The van der Waals surface area contributed by atoms with Crippen LogP contribution >= 0.6 is 0 Å². The number of fused-ring (bicyclic) bond motifs is 5. The summed E-state index contributed by atoms with van der Waals surface area (Å²) in [6, 6.07) is 6.61. The number of nitro benzene ring substituents is 1. The van der Waals surface area contributed by atoms with E-state index in [2.05, 4.69) is 26.0 Å². The van der Waals surface area contributed by atoms with Gasteiger partial charge in [-0.25, -0.2) is 0 Å². The van der Waals surface area contributed by atoms with Crippen LogP contribution in [0.15, 0.2) is 41.5 Å². The molecular weight excluding hydrogens is 390 g/mol. The Morgan fingerprint density at radius 3 is 2.52 bits per heavy atom. The Morgan fingerprint density at radius 2 is 1.81 bits per heavy atom. The quantitative estimate of drug-likeness (QED) is 0.385. The second-order valence-corrected chi connectivity index (χ2v) is 10.9. The van der Waals surface area contributed by atoms with Crippen LogP contribution in [0.4, 0.5) is 5.69 Å². The van der Waals surface area contributed by atoms with Crippen LogP contribution in [0.25, 0.3) is 6.08 Å². The normalized spacial score (nSPS) is 43.0. The van der Waals surface area contributed by atoms with Crippen molar-refractivity contribution in [1.29, 1.82) is 0 Å². The molecule has 31 heavy (non-hydrogen) atoms. The largest absolute Gasteiger partial charge is 0.393 e. The fraction of sp³-hybridized carbons (Fsp3) is 0.615. The highest BCUT2D eigenvalue weighted by Crippen LogP contribution is 2.65. The van der Waals surface area contributed by atoms with E-state index in [1.165, 1.54) is 17.7 Å². The molecule has 0 radical (unpaired) electrons. The summed E-state index contributed by atoms with van der Waals surface area (Å²) >= 11 is 0. The van der Waals surface area contributed by atoms with E-state index in [-0.39, 0.29) is 27.5 Å². The Labute approximate surface area is 184 Å². The lowest BCUT2D eigenvalue weighted by Crippen LogP contribution is -2.51. The fourth-order valence-electron chi connectivity index (χ4n) is 7.55. The van der Waals surface area contributed by atoms with E-state index in [1.54, 1.807) is 12.1 Å². The molecule has 2 N–H and O–H groups in total. The Morgan fingerprint density at radius 1 is 1.06 bits per heavy atom. The van der Waals surface area contributed by atoms with Gasteiger partial charge in [0.1, 0.15) is 0 Å². The summed E-state index contributed by atoms with van der Waals surface area (Å²) in [5, 5.41) is 32.5. The van der Waals surface area contributed by atoms with Gasteiger partial charge in [-0.2, -0.15) is 0 Å². The van der Waals surface area contributed by atoms with Gasteiger partial charge >= 0.3 is 0 Å². The van der Waals surface area contributed by atoms with Gasteiger partial charge in [0, 0.05) is 17.5 Å². The highest BCUT2D eigenvalue weighted by Gasteiger charge is 2.59. The van der Waals surface area contributed by atoms with E-state index in [1.807, 2.05) is 0 Å². The molecule has 166 valence electrons. The van der Waals surface area contributed by atoms with Crippen molar-refractivity contribution in [3.63, 3.8) is 0 Å². The van der Waals surface area contributed by atoms with Crippen LogP contribution in [0, 0.1) is 38.7 Å². The van der Waals surface area contributed by atoms with Crippen LogP contribution in [-0.4, -0.2) is 27.3 Å². The highest BCUT2D eigenvalue weighted by molar-refractivity contribution is 5.57. The fourth-order valence-corrected chi connectivity index (χ4v) is 7.55. The minimum absolute atomic E-state index is 0.0910. The first-order valence-corrected chi connectivity index (χ1v) is 11.7. The van der Waals surface area contributed by atoms with Crippen molar-refractivity contribution in [2.75, 3.05) is 0 Å². The third-order valence-corrected chi connectivity index (χ3v) is 9.40. The van der Waals surface area contributed by atoms with Crippen LogP contribution in [0.2, 0.25) is 0 Å². The number of hydrogen-bond acceptors (Lipinski definition) is 4. The van der Waals surface area contributed by atoms with Crippen LogP contribution in [0.1, 0.15) is 64.4 Å². The van der Waals surface area contributed by atoms with Gasteiger partial charge in [0.25, 0.3) is 5.69 Å². The first kappa shape index (κ1) is 20.9. The number of non-ortho nitro benzene ring substituents is 1. The van der Waals surface area contributed by atoms with Crippen LogP contribution in [0.3, 0.4) is 0 Å². The standard InChI is InChI=1S/C26H33NO4/c1-25-11-9-20(28)15-18(25)5-8-21-22(25)10-12-26(2)23(21)14-17(24(26)29)13-16-3-6-19(7-4-16)27(30)31/h3-7,13,20-24,28-29H,8-12,14-15H2,1-2H3/b17-13+/t20-,21+,22-,23-,24-,25-,26-/m0/s1. The van der Waals surface area contributed by atoms with Crippen molar-refractivity contribution in [3.8, 4) is 0 Å². The minimum atomic E-state index is -0.458. The lowest BCUT2D eigenvalue weighted by Gasteiger charge is -2.57.